The fourth-order valence-electron chi connectivity index (χ4n) is 1.93. The molecule has 0 aliphatic rings. The highest BCUT2D eigenvalue weighted by atomic mass is 16.6. The van der Waals surface area contributed by atoms with E-state index >= 15 is 0 Å². The van der Waals surface area contributed by atoms with E-state index in [1.807, 2.05) is 35.0 Å². The second-order valence-electron chi connectivity index (χ2n) is 4.18. The third kappa shape index (κ3) is 2.28. The molecule has 3 heterocycles. The molecule has 7 heteroatoms. The Hall–Kier alpha value is -2.96. The Balaban J connectivity index is 1.81. The smallest absolute Gasteiger partial charge is 0.311 e. The van der Waals surface area contributed by atoms with Crippen molar-refractivity contribution in [1.82, 2.24) is 14.4 Å². The summed E-state index contributed by atoms with van der Waals surface area (Å²) in [5.74, 6) is 0.245. The van der Waals surface area contributed by atoms with E-state index in [0.29, 0.717) is 6.54 Å². The average molecular weight is 269 g/mol. The van der Waals surface area contributed by atoms with Crippen LogP contribution < -0.4 is 5.32 Å². The van der Waals surface area contributed by atoms with Gasteiger partial charge in [-0.25, -0.2) is 9.97 Å². The molecule has 3 aromatic heterocycles. The van der Waals surface area contributed by atoms with Crippen molar-refractivity contribution in [3.63, 3.8) is 0 Å². The van der Waals surface area contributed by atoms with Crippen LogP contribution in [0, 0.1) is 10.1 Å². The maximum atomic E-state index is 10.9. The molecule has 0 spiro atoms. The van der Waals surface area contributed by atoms with Gasteiger partial charge in [-0.1, -0.05) is 6.07 Å². The number of aromatic nitrogens is 3. The number of hydrogen-bond acceptors (Lipinski definition) is 5. The van der Waals surface area contributed by atoms with Gasteiger partial charge in [0.05, 0.1) is 17.2 Å². The highest BCUT2D eigenvalue weighted by Gasteiger charge is 2.13. The van der Waals surface area contributed by atoms with Crippen molar-refractivity contribution in [3.05, 3.63) is 64.7 Å². The largest absolute Gasteiger partial charge is 0.359 e. The molecule has 0 saturated carbocycles. The number of anilines is 1. The lowest BCUT2D eigenvalue weighted by molar-refractivity contribution is -0.384. The Labute approximate surface area is 114 Å². The van der Waals surface area contributed by atoms with Gasteiger partial charge in [-0.05, 0) is 18.2 Å². The zero-order chi connectivity index (χ0) is 13.9. The Morgan fingerprint density at radius 1 is 1.30 bits per heavy atom. The number of nitrogens with one attached hydrogen (secondary N) is 1. The summed E-state index contributed by atoms with van der Waals surface area (Å²) >= 11 is 0. The van der Waals surface area contributed by atoms with E-state index in [1.54, 1.807) is 0 Å². The summed E-state index contributed by atoms with van der Waals surface area (Å²) in [5.41, 5.74) is 1.58. The van der Waals surface area contributed by atoms with Crippen molar-refractivity contribution < 1.29 is 4.92 Å². The average Bonchev–Trinajstić information content (AvgIpc) is 2.88. The highest BCUT2D eigenvalue weighted by Crippen LogP contribution is 2.20. The molecular formula is C13H11N5O2. The maximum Gasteiger partial charge on any atom is 0.311 e. The molecule has 0 amide bonds. The lowest BCUT2D eigenvalue weighted by Gasteiger charge is -2.03. The molecule has 100 valence electrons. The van der Waals surface area contributed by atoms with Gasteiger partial charge in [0, 0.05) is 24.7 Å². The number of imidazole rings is 1. The van der Waals surface area contributed by atoms with Crippen molar-refractivity contribution in [2.24, 2.45) is 0 Å². The molecule has 0 fully saturated rings. The summed E-state index contributed by atoms with van der Waals surface area (Å²) in [6.07, 6.45) is 5.28. The summed E-state index contributed by atoms with van der Waals surface area (Å²) in [6, 6.07) is 8.67. The van der Waals surface area contributed by atoms with E-state index < -0.39 is 4.92 Å². The molecule has 0 aliphatic carbocycles. The van der Waals surface area contributed by atoms with Gasteiger partial charge < -0.3 is 9.72 Å². The van der Waals surface area contributed by atoms with Crippen molar-refractivity contribution >= 4 is 17.2 Å². The number of nitro groups is 1. The monoisotopic (exact) mass is 269 g/mol. The van der Waals surface area contributed by atoms with Gasteiger partial charge in [0.2, 0.25) is 5.82 Å². The van der Waals surface area contributed by atoms with Crippen LogP contribution in [0.4, 0.5) is 11.5 Å². The normalized spacial score (nSPS) is 10.6. The molecule has 0 bridgehead atoms. The van der Waals surface area contributed by atoms with E-state index in [9.17, 15) is 10.1 Å². The topological polar surface area (TPSA) is 85.4 Å². The van der Waals surface area contributed by atoms with Crippen molar-refractivity contribution in [2.45, 2.75) is 6.54 Å². The Morgan fingerprint density at radius 3 is 3.00 bits per heavy atom. The minimum Gasteiger partial charge on any atom is -0.359 e. The SMILES string of the molecule is O=[N+]([O-])c1cccnc1NCc1cn2ccccc2n1. The lowest BCUT2D eigenvalue weighted by atomic mass is 10.4. The van der Waals surface area contributed by atoms with E-state index in [0.717, 1.165) is 11.3 Å². The molecule has 0 aromatic carbocycles. The first-order valence-corrected chi connectivity index (χ1v) is 6.00. The minimum absolute atomic E-state index is 0.0451. The molecule has 3 rings (SSSR count). The van der Waals surface area contributed by atoms with Crippen LogP contribution in [0.25, 0.3) is 5.65 Å². The third-order valence-electron chi connectivity index (χ3n) is 2.83. The van der Waals surface area contributed by atoms with Gasteiger partial charge in [0.15, 0.2) is 0 Å². The van der Waals surface area contributed by atoms with Crippen LogP contribution in [0.2, 0.25) is 0 Å². The second kappa shape index (κ2) is 4.96. The van der Waals surface area contributed by atoms with Crippen molar-refractivity contribution in [3.8, 4) is 0 Å². The summed E-state index contributed by atoms with van der Waals surface area (Å²) in [7, 11) is 0. The first kappa shape index (κ1) is 12.1. The molecule has 0 saturated heterocycles. The summed E-state index contributed by atoms with van der Waals surface area (Å²) in [4.78, 5) is 18.8. The van der Waals surface area contributed by atoms with Crippen LogP contribution in [0.5, 0.6) is 0 Å². The molecule has 3 aromatic rings. The Kier molecular flexibility index (Phi) is 3.00. The minimum atomic E-state index is -0.459. The number of hydrogen-bond donors (Lipinski definition) is 1. The maximum absolute atomic E-state index is 10.9. The third-order valence-corrected chi connectivity index (χ3v) is 2.83. The van der Waals surface area contributed by atoms with Crippen LogP contribution >= 0.6 is 0 Å². The molecule has 0 aliphatic heterocycles. The molecule has 0 atom stereocenters. The van der Waals surface area contributed by atoms with Gasteiger partial charge in [-0.15, -0.1) is 0 Å². The van der Waals surface area contributed by atoms with Crippen LogP contribution in [0.15, 0.2) is 48.9 Å². The first-order chi connectivity index (χ1) is 9.74. The van der Waals surface area contributed by atoms with E-state index in [4.69, 9.17) is 0 Å². The van der Waals surface area contributed by atoms with Crippen LogP contribution in [-0.4, -0.2) is 19.3 Å². The fraction of sp³-hybridized carbons (Fsp3) is 0.0769. The molecule has 0 radical (unpaired) electrons. The quantitative estimate of drug-likeness (QED) is 0.580. The van der Waals surface area contributed by atoms with Gasteiger partial charge in [-0.3, -0.25) is 10.1 Å². The molecular weight excluding hydrogens is 258 g/mol. The van der Waals surface area contributed by atoms with Crippen molar-refractivity contribution in [2.75, 3.05) is 5.32 Å². The van der Waals surface area contributed by atoms with Gasteiger partial charge >= 0.3 is 5.69 Å². The standard InChI is InChI=1S/C13H11N5O2/c19-18(20)11-4-3-6-14-13(11)15-8-10-9-17-7-2-1-5-12(17)16-10/h1-7,9H,8H2,(H,14,15). The summed E-state index contributed by atoms with van der Waals surface area (Å²) in [6.45, 7) is 0.375. The Bertz CT molecular complexity index is 735. The summed E-state index contributed by atoms with van der Waals surface area (Å²) in [5, 5.41) is 13.8. The number of rotatable bonds is 4. The zero-order valence-electron chi connectivity index (χ0n) is 10.4. The number of pyridine rings is 2. The first-order valence-electron chi connectivity index (χ1n) is 6.00. The van der Waals surface area contributed by atoms with E-state index in [2.05, 4.69) is 15.3 Å². The lowest BCUT2D eigenvalue weighted by Crippen LogP contribution is -2.04. The highest BCUT2D eigenvalue weighted by molar-refractivity contribution is 5.55. The molecule has 0 unspecified atom stereocenters. The number of nitrogens with zero attached hydrogens (tertiary/aromatic N) is 4. The molecule has 7 nitrogen and oxygen atoms in total. The van der Waals surface area contributed by atoms with Gasteiger partial charge in [-0.2, -0.15) is 0 Å². The van der Waals surface area contributed by atoms with Crippen molar-refractivity contribution in [1.29, 1.82) is 0 Å². The second-order valence-corrected chi connectivity index (χ2v) is 4.18. The molecule has 1 N–H and O–H groups in total. The zero-order valence-corrected chi connectivity index (χ0v) is 10.4. The van der Waals surface area contributed by atoms with Crippen LogP contribution in [0.3, 0.4) is 0 Å². The van der Waals surface area contributed by atoms with Gasteiger partial charge in [0.25, 0.3) is 0 Å². The fourth-order valence-corrected chi connectivity index (χ4v) is 1.93. The van der Waals surface area contributed by atoms with Crippen LogP contribution in [-0.2, 0) is 6.54 Å². The van der Waals surface area contributed by atoms with Gasteiger partial charge in [0.1, 0.15) is 5.65 Å². The molecule has 20 heavy (non-hydrogen) atoms. The van der Waals surface area contributed by atoms with E-state index in [-0.39, 0.29) is 11.5 Å². The number of fused-ring (bicyclic) bond motifs is 1. The van der Waals surface area contributed by atoms with Crippen LogP contribution in [0.1, 0.15) is 5.69 Å². The van der Waals surface area contributed by atoms with E-state index in [1.165, 1.54) is 18.3 Å². The summed E-state index contributed by atoms with van der Waals surface area (Å²) < 4.78 is 1.89. The predicted molar refractivity (Wildman–Crippen MR) is 73.4 cm³/mol. The Morgan fingerprint density at radius 2 is 2.20 bits per heavy atom. The predicted octanol–water partition coefficient (Wildman–Crippen LogP) is 2.25.